The number of allylic oxidation sites excluding steroid dienone is 10. The lowest BCUT2D eigenvalue weighted by Gasteiger charge is -2.31. The van der Waals surface area contributed by atoms with Crippen molar-refractivity contribution in [2.45, 2.75) is 225 Å². The maximum atomic E-state index is 12.8. The van der Waals surface area contributed by atoms with Gasteiger partial charge >= 0.3 is 17.9 Å². The third kappa shape index (κ3) is 42.3. The second-order valence-electron chi connectivity index (χ2n) is 18.1. The summed E-state index contributed by atoms with van der Waals surface area (Å²) in [5, 5.41) is 9.65. The minimum Gasteiger partial charge on any atom is -0.477 e. The highest BCUT2D eigenvalue weighted by Gasteiger charge is 2.31. The lowest BCUT2D eigenvalue weighted by molar-refractivity contribution is -0.887. The average Bonchev–Trinajstić information content (AvgIpc) is 3.23. The number of carbonyl (C=O) groups excluding carboxylic acids is 2. The Morgan fingerprint density at radius 2 is 0.871 bits per heavy atom. The highest BCUT2D eigenvalue weighted by molar-refractivity contribution is 5.72. The number of ether oxygens (including phenoxy) is 3. The molecule has 0 fully saturated rings. The summed E-state index contributed by atoms with van der Waals surface area (Å²) in [5.74, 6) is -1.54. The second-order valence-corrected chi connectivity index (χ2v) is 18.1. The molecule has 2 unspecified atom stereocenters. The van der Waals surface area contributed by atoms with E-state index in [-0.39, 0.29) is 42.7 Å². The summed E-state index contributed by atoms with van der Waals surface area (Å²) in [6.07, 6.45) is 55.6. The van der Waals surface area contributed by atoms with E-state index in [1.165, 1.54) is 128 Å². The second kappa shape index (κ2) is 44.6. The van der Waals surface area contributed by atoms with Crippen LogP contribution in [0.1, 0.15) is 213 Å². The molecule has 0 radical (unpaired) electrons. The van der Waals surface area contributed by atoms with Crippen molar-refractivity contribution in [3.8, 4) is 0 Å². The van der Waals surface area contributed by atoms with Crippen molar-refractivity contribution >= 4 is 17.9 Å². The molecule has 0 spiro atoms. The molecule has 358 valence electrons. The molecule has 0 bridgehead atoms. The van der Waals surface area contributed by atoms with Gasteiger partial charge in [0.15, 0.2) is 12.1 Å². The predicted molar refractivity (Wildman–Crippen MR) is 261 cm³/mol. The normalized spacial score (nSPS) is 13.4. The molecular weight excluding hydrogens is 775 g/mol. The van der Waals surface area contributed by atoms with Gasteiger partial charge in [-0.25, -0.2) is 4.79 Å². The van der Waals surface area contributed by atoms with Gasteiger partial charge in [0.25, 0.3) is 0 Å². The number of quaternary nitrogens is 1. The molecule has 0 aromatic heterocycles. The Morgan fingerprint density at radius 1 is 0.484 bits per heavy atom. The molecule has 8 heteroatoms. The molecule has 0 aliphatic heterocycles. The van der Waals surface area contributed by atoms with Crippen LogP contribution in [0.2, 0.25) is 0 Å². The number of rotatable bonds is 45. The fraction of sp³-hybridized carbons (Fsp3) is 0.759. The lowest BCUT2D eigenvalue weighted by Crippen LogP contribution is -2.50. The van der Waals surface area contributed by atoms with E-state index in [4.69, 9.17) is 14.2 Å². The molecule has 62 heavy (non-hydrogen) atoms. The minimum atomic E-state index is -0.883. The molecule has 0 aliphatic carbocycles. The van der Waals surface area contributed by atoms with E-state index in [0.717, 1.165) is 44.9 Å². The SMILES string of the molecule is CCCCC/C=C/C/C=C/C/C=C/C/C=C/CCCC(=O)OCC(COCCC(C(=O)O)[N+](C)(C)C)OC(=O)CCCCCCCCC/C=C/CCCCCCCCCCCC. The van der Waals surface area contributed by atoms with Crippen LogP contribution in [0.15, 0.2) is 60.8 Å². The van der Waals surface area contributed by atoms with Crippen LogP contribution in [0.5, 0.6) is 0 Å². The summed E-state index contributed by atoms with van der Waals surface area (Å²) in [5.41, 5.74) is 0. The Hall–Kier alpha value is -2.97. The highest BCUT2D eigenvalue weighted by Crippen LogP contribution is 2.14. The van der Waals surface area contributed by atoms with Crippen molar-refractivity contribution in [1.29, 1.82) is 0 Å². The van der Waals surface area contributed by atoms with Crippen LogP contribution in [0, 0.1) is 0 Å². The summed E-state index contributed by atoms with van der Waals surface area (Å²) in [4.78, 5) is 37.1. The maximum absolute atomic E-state index is 12.8. The van der Waals surface area contributed by atoms with Crippen LogP contribution in [0.25, 0.3) is 0 Å². The van der Waals surface area contributed by atoms with E-state index < -0.39 is 18.1 Å². The molecule has 0 rings (SSSR count). The average molecular weight is 871 g/mol. The summed E-state index contributed by atoms with van der Waals surface area (Å²) < 4.78 is 17.3. The van der Waals surface area contributed by atoms with Crippen LogP contribution in [0.3, 0.4) is 0 Å². The predicted octanol–water partition coefficient (Wildman–Crippen LogP) is 14.5. The fourth-order valence-electron chi connectivity index (χ4n) is 7.20. The Kier molecular flexibility index (Phi) is 42.5. The van der Waals surface area contributed by atoms with Gasteiger partial charge in [-0.3, -0.25) is 9.59 Å². The monoisotopic (exact) mass is 871 g/mol. The standard InChI is InChI=1S/C54H95NO7/c1-6-8-10-12-14-16-18-20-22-24-25-26-27-29-31-33-35-37-39-41-43-45-53(57)62-50(48-60-47-46-51(54(58)59)55(3,4)5)49-61-52(56)44-42-40-38-36-34-32-30-28-23-21-19-17-15-13-11-9-7-2/h15,17,21,23,26-27,30,32,36,38,50-51H,6-14,16,18-20,22,24-25,28-29,31,33-35,37,39-49H2,1-5H3/p+1/b17-15+,23-21+,27-26+,32-30+,38-36+. The molecule has 0 saturated carbocycles. The van der Waals surface area contributed by atoms with Gasteiger partial charge in [0.1, 0.15) is 6.61 Å². The van der Waals surface area contributed by atoms with Crippen LogP contribution >= 0.6 is 0 Å². The first-order chi connectivity index (χ1) is 30.1. The number of hydrogen-bond donors (Lipinski definition) is 1. The third-order valence-corrected chi connectivity index (χ3v) is 11.1. The zero-order valence-electron chi connectivity index (χ0n) is 40.8. The number of carbonyl (C=O) groups is 3. The molecular formula is C54H96NO7+. The number of unbranched alkanes of at least 4 members (excludes halogenated alkanes) is 21. The molecule has 0 heterocycles. The summed E-state index contributed by atoms with van der Waals surface area (Å²) >= 11 is 0. The van der Waals surface area contributed by atoms with Crippen LogP contribution in [0.4, 0.5) is 0 Å². The van der Waals surface area contributed by atoms with Gasteiger partial charge < -0.3 is 23.8 Å². The van der Waals surface area contributed by atoms with Crippen molar-refractivity contribution < 1.29 is 38.2 Å². The third-order valence-electron chi connectivity index (χ3n) is 11.1. The van der Waals surface area contributed by atoms with Crippen LogP contribution < -0.4 is 0 Å². The minimum absolute atomic E-state index is 0.0409. The Labute approximate surface area is 381 Å². The summed E-state index contributed by atoms with van der Waals surface area (Å²) in [6.45, 7) is 4.66. The molecule has 2 atom stereocenters. The van der Waals surface area contributed by atoms with E-state index >= 15 is 0 Å². The zero-order chi connectivity index (χ0) is 45.6. The topological polar surface area (TPSA) is 99.1 Å². The Balaban J connectivity index is 4.34. The van der Waals surface area contributed by atoms with Crippen molar-refractivity contribution in [3.63, 3.8) is 0 Å². The van der Waals surface area contributed by atoms with Crippen LogP contribution in [-0.4, -0.2) is 80.6 Å². The van der Waals surface area contributed by atoms with E-state index in [9.17, 15) is 19.5 Å². The Morgan fingerprint density at radius 3 is 1.35 bits per heavy atom. The van der Waals surface area contributed by atoms with Gasteiger partial charge in [-0.15, -0.1) is 0 Å². The largest absolute Gasteiger partial charge is 0.477 e. The first-order valence-electron chi connectivity index (χ1n) is 25.3. The van der Waals surface area contributed by atoms with Gasteiger partial charge in [0.05, 0.1) is 34.4 Å². The van der Waals surface area contributed by atoms with Crippen molar-refractivity contribution in [1.82, 2.24) is 0 Å². The number of nitrogens with zero attached hydrogens (tertiary/aromatic N) is 1. The number of carboxylic acids is 1. The molecule has 0 aliphatic rings. The van der Waals surface area contributed by atoms with Gasteiger partial charge in [-0.05, 0) is 77.0 Å². The first-order valence-corrected chi connectivity index (χ1v) is 25.3. The van der Waals surface area contributed by atoms with Crippen molar-refractivity contribution in [3.05, 3.63) is 60.8 Å². The molecule has 0 aromatic rings. The first kappa shape index (κ1) is 59.0. The molecule has 0 aromatic carbocycles. The molecule has 8 nitrogen and oxygen atoms in total. The number of carboxylic acid groups (broad SMARTS) is 1. The Bertz CT molecular complexity index is 1200. The fourth-order valence-corrected chi connectivity index (χ4v) is 7.20. The van der Waals surface area contributed by atoms with E-state index in [2.05, 4.69) is 74.6 Å². The highest BCUT2D eigenvalue weighted by atomic mass is 16.6. The molecule has 1 N–H and O–H groups in total. The van der Waals surface area contributed by atoms with Gasteiger partial charge in [0, 0.05) is 19.3 Å². The molecule has 0 saturated heterocycles. The summed E-state index contributed by atoms with van der Waals surface area (Å²) in [6, 6.07) is -0.626. The van der Waals surface area contributed by atoms with Crippen LogP contribution in [-0.2, 0) is 28.6 Å². The smallest absolute Gasteiger partial charge is 0.362 e. The van der Waals surface area contributed by atoms with E-state index in [1.54, 1.807) is 0 Å². The number of likely N-dealkylation sites (N-methyl/N-ethyl adjacent to an activating group) is 1. The van der Waals surface area contributed by atoms with Crippen molar-refractivity contribution in [2.75, 3.05) is 41.0 Å². The number of hydrogen-bond acceptors (Lipinski definition) is 6. The molecule has 0 amide bonds. The summed E-state index contributed by atoms with van der Waals surface area (Å²) in [7, 11) is 5.51. The number of aliphatic carboxylic acids is 1. The van der Waals surface area contributed by atoms with E-state index in [0.29, 0.717) is 19.3 Å². The van der Waals surface area contributed by atoms with Crippen molar-refractivity contribution in [2.24, 2.45) is 0 Å². The lowest BCUT2D eigenvalue weighted by atomic mass is 10.1. The van der Waals surface area contributed by atoms with Gasteiger partial charge in [-0.2, -0.15) is 0 Å². The quantitative estimate of drug-likeness (QED) is 0.0282. The van der Waals surface area contributed by atoms with Gasteiger partial charge in [-0.1, -0.05) is 177 Å². The van der Waals surface area contributed by atoms with E-state index in [1.807, 2.05) is 21.1 Å². The number of esters is 2. The zero-order valence-corrected chi connectivity index (χ0v) is 40.8. The maximum Gasteiger partial charge on any atom is 0.362 e. The van der Waals surface area contributed by atoms with Gasteiger partial charge in [0.2, 0.25) is 0 Å².